The topological polar surface area (TPSA) is 92.1 Å². The van der Waals surface area contributed by atoms with Crippen molar-refractivity contribution in [1.82, 2.24) is 4.98 Å². The van der Waals surface area contributed by atoms with E-state index in [1.807, 2.05) is 13.0 Å². The van der Waals surface area contributed by atoms with Crippen LogP contribution in [0.4, 0.5) is 10.1 Å². The van der Waals surface area contributed by atoms with E-state index in [0.29, 0.717) is 12.2 Å². The average Bonchev–Trinajstić information content (AvgIpc) is 2.75. The predicted octanol–water partition coefficient (Wildman–Crippen LogP) is 4.74. The van der Waals surface area contributed by atoms with Crippen LogP contribution < -0.4 is 9.46 Å². The van der Waals surface area contributed by atoms with E-state index in [2.05, 4.69) is 9.71 Å². The molecule has 1 N–H and O–H groups in total. The number of nitrogens with zero attached hydrogens (tertiary/aromatic N) is 2. The van der Waals surface area contributed by atoms with Gasteiger partial charge in [0.2, 0.25) is 5.88 Å². The van der Waals surface area contributed by atoms with Crippen LogP contribution in [0.5, 0.6) is 5.88 Å². The van der Waals surface area contributed by atoms with Crippen molar-refractivity contribution in [1.29, 1.82) is 5.26 Å². The Morgan fingerprint density at radius 1 is 1.13 bits per heavy atom. The molecule has 8 heteroatoms. The van der Waals surface area contributed by atoms with Crippen molar-refractivity contribution < 1.29 is 17.5 Å². The van der Waals surface area contributed by atoms with Crippen LogP contribution in [0.25, 0.3) is 11.3 Å². The molecule has 154 valence electrons. The number of nitriles is 1. The third-order valence-electron chi connectivity index (χ3n) is 4.26. The molecule has 0 atom stereocenters. The first-order valence-corrected chi connectivity index (χ1v) is 10.8. The van der Waals surface area contributed by atoms with Crippen molar-refractivity contribution in [3.8, 4) is 23.2 Å². The van der Waals surface area contributed by atoms with E-state index in [9.17, 15) is 18.1 Å². The van der Waals surface area contributed by atoms with Gasteiger partial charge in [-0.05, 0) is 48.9 Å². The summed E-state index contributed by atoms with van der Waals surface area (Å²) in [5, 5.41) is 9.52. The Labute approximate surface area is 175 Å². The maximum atomic E-state index is 13.4. The number of hydrogen-bond donors (Lipinski definition) is 1. The molecule has 0 spiro atoms. The molecular weight excluding hydrogens is 405 g/mol. The molecular formula is C22H20FN3O3S. The predicted molar refractivity (Wildman–Crippen MR) is 112 cm³/mol. The van der Waals surface area contributed by atoms with E-state index in [0.717, 1.165) is 12.8 Å². The number of benzene rings is 2. The van der Waals surface area contributed by atoms with E-state index in [1.54, 1.807) is 18.2 Å². The van der Waals surface area contributed by atoms with Crippen molar-refractivity contribution in [2.75, 3.05) is 11.3 Å². The number of rotatable bonds is 8. The molecule has 3 rings (SSSR count). The largest absolute Gasteiger partial charge is 0.477 e. The minimum atomic E-state index is -3.93. The van der Waals surface area contributed by atoms with Gasteiger partial charge in [-0.1, -0.05) is 31.5 Å². The standard InChI is InChI=1S/C22H20FN3O3S/c1-2-3-13-29-22-17(15-24)14-20(21(25-22)16-9-11-18(23)12-10-16)26-30(27,28)19-7-5-4-6-8-19/h4-12,14,26H,2-3,13H2,1H3. The van der Waals surface area contributed by atoms with Gasteiger partial charge in [-0.3, -0.25) is 4.72 Å². The summed E-state index contributed by atoms with van der Waals surface area (Å²) < 4.78 is 47.2. The molecule has 0 saturated carbocycles. The van der Waals surface area contributed by atoms with Gasteiger partial charge >= 0.3 is 0 Å². The minimum Gasteiger partial charge on any atom is -0.477 e. The van der Waals surface area contributed by atoms with Crippen LogP contribution >= 0.6 is 0 Å². The summed E-state index contributed by atoms with van der Waals surface area (Å²) in [6.07, 6.45) is 1.68. The van der Waals surface area contributed by atoms with Gasteiger partial charge in [0.1, 0.15) is 17.4 Å². The Morgan fingerprint density at radius 3 is 2.47 bits per heavy atom. The van der Waals surface area contributed by atoms with Crippen molar-refractivity contribution in [2.45, 2.75) is 24.7 Å². The maximum absolute atomic E-state index is 13.4. The van der Waals surface area contributed by atoms with Crippen molar-refractivity contribution in [3.63, 3.8) is 0 Å². The molecule has 0 bridgehead atoms. The first kappa shape index (κ1) is 21.3. The lowest BCUT2D eigenvalue weighted by atomic mass is 10.1. The lowest BCUT2D eigenvalue weighted by Gasteiger charge is -2.15. The minimum absolute atomic E-state index is 0.0665. The van der Waals surface area contributed by atoms with Crippen LogP contribution in [0, 0.1) is 17.1 Å². The third kappa shape index (κ3) is 4.93. The van der Waals surface area contributed by atoms with E-state index in [1.165, 1.54) is 42.5 Å². The fourth-order valence-electron chi connectivity index (χ4n) is 2.71. The Balaban J connectivity index is 2.10. The highest BCUT2D eigenvalue weighted by atomic mass is 32.2. The summed E-state index contributed by atoms with van der Waals surface area (Å²) in [4.78, 5) is 4.47. The quantitative estimate of drug-likeness (QED) is 0.526. The van der Waals surface area contributed by atoms with Crippen molar-refractivity contribution >= 4 is 15.7 Å². The second-order valence-corrected chi connectivity index (χ2v) is 8.16. The highest BCUT2D eigenvalue weighted by molar-refractivity contribution is 7.92. The van der Waals surface area contributed by atoms with Crippen LogP contribution in [-0.4, -0.2) is 20.0 Å². The summed E-state index contributed by atoms with van der Waals surface area (Å²) in [7, 11) is -3.93. The van der Waals surface area contributed by atoms with Crippen LogP contribution in [0.2, 0.25) is 0 Å². The fourth-order valence-corrected chi connectivity index (χ4v) is 3.79. The molecule has 0 aliphatic carbocycles. The van der Waals surface area contributed by atoms with E-state index in [-0.39, 0.29) is 27.7 Å². The van der Waals surface area contributed by atoms with Crippen molar-refractivity contribution in [3.05, 3.63) is 72.0 Å². The Kier molecular flexibility index (Phi) is 6.65. The molecule has 0 aliphatic rings. The number of nitrogens with one attached hydrogen (secondary N) is 1. The Morgan fingerprint density at radius 2 is 1.83 bits per heavy atom. The first-order valence-electron chi connectivity index (χ1n) is 9.36. The molecule has 1 heterocycles. The number of ether oxygens (including phenoxy) is 1. The van der Waals surface area contributed by atoms with Gasteiger partial charge in [0, 0.05) is 5.56 Å². The highest BCUT2D eigenvalue weighted by Crippen LogP contribution is 2.33. The Hall–Kier alpha value is -3.44. The fraction of sp³-hybridized carbons (Fsp3) is 0.182. The van der Waals surface area contributed by atoms with Gasteiger partial charge in [-0.15, -0.1) is 0 Å². The smallest absolute Gasteiger partial charge is 0.261 e. The van der Waals surface area contributed by atoms with Crippen molar-refractivity contribution in [2.24, 2.45) is 0 Å². The SMILES string of the molecule is CCCCOc1nc(-c2ccc(F)cc2)c(NS(=O)(=O)c2ccccc2)cc1C#N. The van der Waals surface area contributed by atoms with E-state index in [4.69, 9.17) is 4.74 Å². The first-order chi connectivity index (χ1) is 14.4. The molecule has 0 saturated heterocycles. The molecule has 0 unspecified atom stereocenters. The molecule has 6 nitrogen and oxygen atoms in total. The second kappa shape index (κ2) is 9.37. The van der Waals surface area contributed by atoms with Gasteiger partial charge in [0.15, 0.2) is 0 Å². The number of unbranched alkanes of at least 4 members (excludes halogenated alkanes) is 1. The van der Waals surface area contributed by atoms with Gasteiger partial charge in [0.25, 0.3) is 10.0 Å². The zero-order valence-electron chi connectivity index (χ0n) is 16.3. The molecule has 0 fully saturated rings. The summed E-state index contributed by atoms with van der Waals surface area (Å²) in [5.74, 6) is -0.328. The number of halogens is 1. The van der Waals surface area contributed by atoms with Crippen LogP contribution in [0.1, 0.15) is 25.3 Å². The highest BCUT2D eigenvalue weighted by Gasteiger charge is 2.20. The number of anilines is 1. The lowest BCUT2D eigenvalue weighted by Crippen LogP contribution is -2.14. The summed E-state index contributed by atoms with van der Waals surface area (Å²) in [5.41, 5.74) is 0.916. The normalized spacial score (nSPS) is 11.0. The number of hydrogen-bond acceptors (Lipinski definition) is 5. The summed E-state index contributed by atoms with van der Waals surface area (Å²) >= 11 is 0. The average molecular weight is 425 g/mol. The Bertz CT molecular complexity index is 1160. The maximum Gasteiger partial charge on any atom is 0.261 e. The van der Waals surface area contributed by atoms with Crippen LogP contribution in [0.15, 0.2) is 65.6 Å². The van der Waals surface area contributed by atoms with Gasteiger partial charge in [-0.2, -0.15) is 5.26 Å². The van der Waals surface area contributed by atoms with Gasteiger partial charge < -0.3 is 4.74 Å². The molecule has 2 aromatic carbocycles. The molecule has 0 aliphatic heterocycles. The van der Waals surface area contributed by atoms with Crippen LogP contribution in [-0.2, 0) is 10.0 Å². The van der Waals surface area contributed by atoms with Gasteiger partial charge in [0.05, 0.1) is 22.9 Å². The third-order valence-corrected chi connectivity index (χ3v) is 5.64. The summed E-state index contributed by atoms with van der Waals surface area (Å²) in [6.45, 7) is 2.38. The van der Waals surface area contributed by atoms with Gasteiger partial charge in [-0.25, -0.2) is 17.8 Å². The molecule has 3 aromatic rings. The molecule has 30 heavy (non-hydrogen) atoms. The number of pyridine rings is 1. The second-order valence-electron chi connectivity index (χ2n) is 6.48. The molecule has 0 amide bonds. The zero-order valence-corrected chi connectivity index (χ0v) is 17.1. The molecule has 0 radical (unpaired) electrons. The lowest BCUT2D eigenvalue weighted by molar-refractivity contribution is 0.297. The zero-order chi connectivity index (χ0) is 21.6. The van der Waals surface area contributed by atoms with E-state index >= 15 is 0 Å². The van der Waals surface area contributed by atoms with Crippen LogP contribution in [0.3, 0.4) is 0 Å². The van der Waals surface area contributed by atoms with E-state index < -0.39 is 15.8 Å². The monoisotopic (exact) mass is 425 g/mol. The number of aromatic nitrogens is 1. The molecule has 1 aromatic heterocycles. The number of sulfonamides is 1. The summed E-state index contributed by atoms with van der Waals surface area (Å²) in [6, 6.07) is 16.7.